The van der Waals surface area contributed by atoms with Crippen LogP contribution in [0.5, 0.6) is 0 Å². The quantitative estimate of drug-likeness (QED) is 0.519. The van der Waals surface area contributed by atoms with Gasteiger partial charge in [-0.05, 0) is 29.8 Å². The second-order valence-corrected chi connectivity index (χ2v) is 6.63. The van der Waals surface area contributed by atoms with Crippen molar-refractivity contribution in [3.63, 3.8) is 0 Å². The zero-order chi connectivity index (χ0) is 20.1. The molecule has 3 aromatic carbocycles. The van der Waals surface area contributed by atoms with E-state index in [1.807, 2.05) is 71.7 Å². The maximum absolute atomic E-state index is 12.8. The Morgan fingerprint density at radius 3 is 2.31 bits per heavy atom. The minimum Gasteiger partial charge on any atom is -0.287 e. The Bertz CT molecular complexity index is 1170. The molecule has 0 aliphatic rings. The molecule has 0 fully saturated rings. The van der Waals surface area contributed by atoms with Crippen molar-refractivity contribution >= 4 is 22.5 Å². The fourth-order valence-electron chi connectivity index (χ4n) is 3.18. The number of hydrazine groups is 1. The van der Waals surface area contributed by atoms with Crippen LogP contribution in [0.25, 0.3) is 10.9 Å². The van der Waals surface area contributed by atoms with Crippen LogP contribution >= 0.6 is 0 Å². The molecule has 1 heterocycles. The number of nitrogens with one attached hydrogen (secondary N) is 1. The van der Waals surface area contributed by atoms with Gasteiger partial charge in [-0.3, -0.25) is 24.7 Å². The number of fused-ring (bicyclic) bond motifs is 1. The Hall–Kier alpha value is -3.93. The molecule has 1 N–H and O–H groups in total. The van der Waals surface area contributed by atoms with Crippen LogP contribution in [0.15, 0.2) is 95.9 Å². The second kappa shape index (κ2) is 8.39. The predicted molar refractivity (Wildman–Crippen MR) is 113 cm³/mol. The van der Waals surface area contributed by atoms with Gasteiger partial charge in [-0.15, -0.1) is 0 Å². The first-order valence-corrected chi connectivity index (χ1v) is 9.31. The molecule has 6 heteroatoms. The normalized spacial score (nSPS) is 10.6. The summed E-state index contributed by atoms with van der Waals surface area (Å²) in [5.41, 5.74) is 5.38. The Morgan fingerprint density at radius 1 is 0.897 bits per heavy atom. The van der Waals surface area contributed by atoms with Gasteiger partial charge in [0.15, 0.2) is 0 Å². The van der Waals surface area contributed by atoms with Crippen molar-refractivity contribution in [1.82, 2.24) is 15.2 Å². The van der Waals surface area contributed by atoms with E-state index in [1.165, 1.54) is 10.9 Å². The number of nitrogens with zero attached hydrogens (tertiary/aromatic N) is 3. The van der Waals surface area contributed by atoms with E-state index in [9.17, 15) is 9.59 Å². The van der Waals surface area contributed by atoms with E-state index in [4.69, 9.17) is 0 Å². The van der Waals surface area contributed by atoms with Crippen LogP contribution in [0, 0.1) is 0 Å². The first kappa shape index (κ1) is 18.4. The van der Waals surface area contributed by atoms with Gasteiger partial charge < -0.3 is 0 Å². The molecule has 0 radical (unpaired) electrons. The Kier molecular flexibility index (Phi) is 5.33. The number of benzene rings is 3. The summed E-state index contributed by atoms with van der Waals surface area (Å²) in [5.74, 6) is -0.230. The van der Waals surface area contributed by atoms with Crippen molar-refractivity contribution in [3.05, 3.63) is 107 Å². The smallest absolute Gasteiger partial charge is 0.260 e. The Balaban J connectivity index is 1.57. The molecule has 29 heavy (non-hydrogen) atoms. The molecule has 0 spiro atoms. The second-order valence-electron chi connectivity index (χ2n) is 6.63. The summed E-state index contributed by atoms with van der Waals surface area (Å²) in [4.78, 5) is 24.8. The van der Waals surface area contributed by atoms with E-state index >= 15 is 0 Å². The summed E-state index contributed by atoms with van der Waals surface area (Å²) in [6, 6.07) is 26.7. The minimum absolute atomic E-state index is 0.00107. The molecule has 1 amide bonds. The number of carbonyl (C=O) groups excluding carboxylic acids is 1. The maximum atomic E-state index is 12.8. The van der Waals surface area contributed by atoms with Gasteiger partial charge in [0, 0.05) is 5.39 Å². The molecule has 0 aliphatic heterocycles. The van der Waals surface area contributed by atoms with Gasteiger partial charge in [0.1, 0.15) is 6.54 Å². The van der Waals surface area contributed by atoms with Crippen LogP contribution in [0.2, 0.25) is 0 Å². The molecule has 144 valence electrons. The lowest BCUT2D eigenvalue weighted by Crippen LogP contribution is -2.43. The number of hydrogen-bond donors (Lipinski definition) is 1. The highest BCUT2D eigenvalue weighted by atomic mass is 16.2. The number of para-hydroxylation sites is 2. The molecule has 0 unspecified atom stereocenters. The van der Waals surface area contributed by atoms with Crippen LogP contribution < -0.4 is 15.9 Å². The molecule has 0 aliphatic carbocycles. The number of carbonyl (C=O) groups is 1. The number of amides is 1. The van der Waals surface area contributed by atoms with Crippen LogP contribution in [-0.4, -0.2) is 15.7 Å². The van der Waals surface area contributed by atoms with E-state index < -0.39 is 0 Å². The predicted octanol–water partition coefficient (Wildman–Crippen LogP) is 3.13. The molecular weight excluding hydrogens is 364 g/mol. The number of aromatic nitrogens is 2. The number of rotatable bonds is 6. The molecule has 4 rings (SSSR count). The van der Waals surface area contributed by atoms with Crippen LogP contribution in [0.4, 0.5) is 5.69 Å². The van der Waals surface area contributed by atoms with Crippen molar-refractivity contribution in [1.29, 1.82) is 0 Å². The Morgan fingerprint density at radius 2 is 1.55 bits per heavy atom. The first-order valence-electron chi connectivity index (χ1n) is 9.31. The molecular formula is C23H20N4O2. The van der Waals surface area contributed by atoms with E-state index in [2.05, 4.69) is 10.5 Å². The third-order valence-corrected chi connectivity index (χ3v) is 4.57. The summed E-state index contributed by atoms with van der Waals surface area (Å²) in [6.45, 7) is 0.522. The van der Waals surface area contributed by atoms with Crippen molar-refractivity contribution < 1.29 is 4.79 Å². The molecule has 0 saturated heterocycles. The lowest BCUT2D eigenvalue weighted by atomic mass is 10.2. The largest absolute Gasteiger partial charge is 0.287 e. The summed E-state index contributed by atoms with van der Waals surface area (Å²) in [6.07, 6.45) is 1.24. The third-order valence-electron chi connectivity index (χ3n) is 4.57. The van der Waals surface area contributed by atoms with Gasteiger partial charge >= 0.3 is 0 Å². The third kappa shape index (κ3) is 4.32. The first-order chi connectivity index (χ1) is 14.2. The molecule has 0 bridgehead atoms. The molecule has 4 aromatic rings. The topological polar surface area (TPSA) is 67.2 Å². The van der Waals surface area contributed by atoms with Gasteiger partial charge in [0.2, 0.25) is 5.43 Å². The summed E-state index contributed by atoms with van der Waals surface area (Å²) in [5, 5.41) is 6.48. The van der Waals surface area contributed by atoms with E-state index in [0.29, 0.717) is 17.4 Å². The number of hydrogen-bond acceptors (Lipinski definition) is 4. The van der Waals surface area contributed by atoms with Crippen molar-refractivity contribution in [2.45, 2.75) is 13.1 Å². The summed E-state index contributed by atoms with van der Waals surface area (Å²) >= 11 is 0. The van der Waals surface area contributed by atoms with Gasteiger partial charge in [-0.25, -0.2) is 0 Å². The average Bonchev–Trinajstić information content (AvgIpc) is 2.77. The van der Waals surface area contributed by atoms with Gasteiger partial charge in [-0.2, -0.15) is 5.10 Å². The zero-order valence-electron chi connectivity index (χ0n) is 15.7. The maximum Gasteiger partial charge on any atom is 0.260 e. The van der Waals surface area contributed by atoms with E-state index in [0.717, 1.165) is 11.3 Å². The number of anilines is 1. The highest BCUT2D eigenvalue weighted by Crippen LogP contribution is 2.15. The molecule has 0 atom stereocenters. The van der Waals surface area contributed by atoms with Crippen molar-refractivity contribution in [3.8, 4) is 0 Å². The zero-order valence-corrected chi connectivity index (χ0v) is 15.7. The summed E-state index contributed by atoms with van der Waals surface area (Å²) in [7, 11) is 0. The van der Waals surface area contributed by atoms with Gasteiger partial charge in [-0.1, -0.05) is 60.7 Å². The highest BCUT2D eigenvalue weighted by Gasteiger charge is 2.13. The van der Waals surface area contributed by atoms with Gasteiger partial charge in [0.25, 0.3) is 5.91 Å². The van der Waals surface area contributed by atoms with Gasteiger partial charge in [0.05, 0.1) is 23.9 Å². The summed E-state index contributed by atoms with van der Waals surface area (Å²) < 4.78 is 1.54. The Labute approximate surface area is 168 Å². The fourth-order valence-corrected chi connectivity index (χ4v) is 3.18. The van der Waals surface area contributed by atoms with E-state index in [-0.39, 0.29) is 17.9 Å². The fraction of sp³-hybridized carbons (Fsp3) is 0.0870. The standard InChI is InChI=1S/C23H20N4O2/c28-22-15-24-27(21-14-8-7-13-20(21)22)17-23(29)25-26(19-11-5-2-6-12-19)16-18-9-3-1-4-10-18/h1-15H,16-17H2,(H,25,29). The highest BCUT2D eigenvalue weighted by molar-refractivity contribution is 5.82. The minimum atomic E-state index is -0.230. The van der Waals surface area contributed by atoms with Crippen LogP contribution in [0.3, 0.4) is 0 Å². The molecule has 6 nitrogen and oxygen atoms in total. The van der Waals surface area contributed by atoms with Crippen LogP contribution in [-0.2, 0) is 17.9 Å². The molecule has 1 aromatic heterocycles. The molecule has 0 saturated carbocycles. The lowest BCUT2D eigenvalue weighted by molar-refractivity contribution is -0.122. The van der Waals surface area contributed by atoms with E-state index in [1.54, 1.807) is 18.2 Å². The van der Waals surface area contributed by atoms with Crippen LogP contribution in [0.1, 0.15) is 5.56 Å². The lowest BCUT2D eigenvalue weighted by Gasteiger charge is -2.26. The monoisotopic (exact) mass is 384 g/mol. The average molecular weight is 384 g/mol. The SMILES string of the molecule is O=C(Cn1ncc(=O)c2ccccc21)NN(Cc1ccccc1)c1ccccc1. The van der Waals surface area contributed by atoms with Crippen molar-refractivity contribution in [2.24, 2.45) is 0 Å². The van der Waals surface area contributed by atoms with Crippen molar-refractivity contribution in [2.75, 3.05) is 5.01 Å².